The fourth-order valence-corrected chi connectivity index (χ4v) is 2.30. The summed E-state index contributed by atoms with van der Waals surface area (Å²) in [5.74, 6) is 0. The number of azide groups is 1. The van der Waals surface area contributed by atoms with Crippen LogP contribution >= 0.6 is 0 Å². The molecule has 5 N–H and O–H groups in total. The Hall–Kier alpha value is -0.930. The Balaban J connectivity index is 2.25. The molecular weight excluding hydrogens is 282 g/mol. The van der Waals surface area contributed by atoms with Gasteiger partial charge in [-0.15, -0.1) is 0 Å². The molecule has 0 aromatic heterocycles. The molecule has 1 saturated carbocycles. The molecule has 0 radical (unpaired) electrons. The van der Waals surface area contributed by atoms with Gasteiger partial charge in [0.05, 0.1) is 0 Å². The van der Waals surface area contributed by atoms with Crippen molar-refractivity contribution in [1.82, 2.24) is 0 Å². The van der Waals surface area contributed by atoms with Gasteiger partial charge in [-0.2, -0.15) is 0 Å². The van der Waals surface area contributed by atoms with E-state index in [4.69, 9.17) is 10.3 Å². The van der Waals surface area contributed by atoms with Crippen LogP contribution in [0.3, 0.4) is 0 Å². The van der Waals surface area contributed by atoms with Crippen LogP contribution in [0.15, 0.2) is 5.11 Å². The zero-order valence-corrected chi connectivity index (χ0v) is 11.7. The van der Waals surface area contributed by atoms with E-state index in [1.807, 2.05) is 0 Å². The molecule has 0 heterocycles. The van der Waals surface area contributed by atoms with Crippen molar-refractivity contribution in [3.8, 4) is 0 Å². The summed E-state index contributed by atoms with van der Waals surface area (Å²) in [6, 6.07) is 0. The number of aliphatic hydroxyl groups excluding tert-OH is 5. The molecule has 2 unspecified atom stereocenters. The van der Waals surface area contributed by atoms with E-state index >= 15 is 0 Å². The molecular formula is C12H23N3O6. The van der Waals surface area contributed by atoms with E-state index in [1.54, 1.807) is 0 Å². The molecule has 0 bridgehead atoms. The van der Waals surface area contributed by atoms with Gasteiger partial charge in [0.1, 0.15) is 36.6 Å². The lowest BCUT2D eigenvalue weighted by molar-refractivity contribution is -0.235. The molecule has 0 amide bonds. The minimum absolute atomic E-state index is 0.246. The number of rotatable bonds is 8. The van der Waals surface area contributed by atoms with Gasteiger partial charge >= 0.3 is 0 Å². The van der Waals surface area contributed by atoms with E-state index in [-0.39, 0.29) is 6.61 Å². The maximum Gasteiger partial charge on any atom is 0.114 e. The highest BCUT2D eigenvalue weighted by Crippen LogP contribution is 2.24. The van der Waals surface area contributed by atoms with E-state index in [2.05, 4.69) is 10.0 Å². The first-order valence-electron chi connectivity index (χ1n) is 7.03. The van der Waals surface area contributed by atoms with Gasteiger partial charge in [-0.25, -0.2) is 0 Å². The van der Waals surface area contributed by atoms with E-state index in [9.17, 15) is 25.5 Å². The molecule has 1 fully saturated rings. The maximum atomic E-state index is 9.74. The van der Waals surface area contributed by atoms with Crippen LogP contribution < -0.4 is 0 Å². The average molecular weight is 305 g/mol. The van der Waals surface area contributed by atoms with Crippen molar-refractivity contribution in [3.63, 3.8) is 0 Å². The topological polar surface area (TPSA) is 159 Å². The molecule has 1 aliphatic carbocycles. The maximum absolute atomic E-state index is 9.74. The molecule has 0 aromatic carbocycles. The lowest BCUT2D eigenvalue weighted by Gasteiger charge is -2.41. The van der Waals surface area contributed by atoms with Crippen LogP contribution in [0.25, 0.3) is 10.4 Å². The number of unbranched alkanes of at least 4 members (excludes halogenated alkanes) is 3. The van der Waals surface area contributed by atoms with E-state index in [0.29, 0.717) is 13.0 Å². The van der Waals surface area contributed by atoms with Crippen molar-refractivity contribution in [1.29, 1.82) is 0 Å². The fraction of sp³-hybridized carbons (Fsp3) is 1.00. The standard InChI is InChI=1S/C12H23N3O6/c13-15-14-5-3-1-2-4-6-21-12-10(19)8(17)7(16)9(18)11(12)20/h7-12,16-20H,1-6H2/t7?,8-,9+,10+,11-,12?. The molecule has 9 heteroatoms. The van der Waals surface area contributed by atoms with Crippen molar-refractivity contribution in [2.75, 3.05) is 13.2 Å². The second-order valence-electron chi connectivity index (χ2n) is 5.16. The quantitative estimate of drug-likeness (QED) is 0.168. The lowest BCUT2D eigenvalue weighted by Crippen LogP contribution is -2.64. The highest BCUT2D eigenvalue weighted by Gasteiger charge is 2.48. The van der Waals surface area contributed by atoms with Crippen molar-refractivity contribution >= 4 is 0 Å². The largest absolute Gasteiger partial charge is 0.387 e. The first-order valence-corrected chi connectivity index (χ1v) is 7.03. The van der Waals surface area contributed by atoms with E-state index < -0.39 is 36.6 Å². The van der Waals surface area contributed by atoms with Gasteiger partial charge < -0.3 is 30.3 Å². The molecule has 1 rings (SSSR count). The van der Waals surface area contributed by atoms with Crippen LogP contribution in [0.4, 0.5) is 0 Å². The molecule has 21 heavy (non-hydrogen) atoms. The molecule has 0 saturated heterocycles. The van der Waals surface area contributed by atoms with Crippen LogP contribution in [0.1, 0.15) is 25.7 Å². The summed E-state index contributed by atoms with van der Waals surface area (Å²) >= 11 is 0. The zero-order chi connectivity index (χ0) is 15.8. The molecule has 1 aliphatic rings. The van der Waals surface area contributed by atoms with Crippen LogP contribution in [0.2, 0.25) is 0 Å². The third-order valence-corrected chi connectivity index (χ3v) is 3.60. The van der Waals surface area contributed by atoms with Gasteiger partial charge in [0.2, 0.25) is 0 Å². The number of aliphatic hydroxyl groups is 5. The molecule has 0 aliphatic heterocycles. The summed E-state index contributed by atoms with van der Waals surface area (Å²) in [4.78, 5) is 2.64. The van der Waals surface area contributed by atoms with Crippen LogP contribution in [-0.4, -0.2) is 75.3 Å². The van der Waals surface area contributed by atoms with Gasteiger partial charge in [-0.1, -0.05) is 18.0 Å². The van der Waals surface area contributed by atoms with Crippen LogP contribution in [-0.2, 0) is 4.74 Å². The highest BCUT2D eigenvalue weighted by molar-refractivity contribution is 4.99. The summed E-state index contributed by atoms with van der Waals surface area (Å²) < 4.78 is 5.31. The normalized spacial score (nSPS) is 36.2. The van der Waals surface area contributed by atoms with Gasteiger partial charge in [0, 0.05) is 18.1 Å². The first kappa shape index (κ1) is 18.1. The second kappa shape index (κ2) is 9.16. The third kappa shape index (κ3) is 5.08. The smallest absolute Gasteiger partial charge is 0.114 e. The predicted octanol–water partition coefficient (Wildman–Crippen LogP) is -0.940. The Morgan fingerprint density at radius 1 is 0.810 bits per heavy atom. The molecule has 0 aromatic rings. The summed E-state index contributed by atoms with van der Waals surface area (Å²) in [5.41, 5.74) is 8.09. The minimum atomic E-state index is -1.60. The van der Waals surface area contributed by atoms with Crippen LogP contribution in [0, 0.1) is 0 Å². The summed E-state index contributed by atoms with van der Waals surface area (Å²) in [5, 5.41) is 51.4. The Bertz CT molecular complexity index is 336. The Kier molecular flexibility index (Phi) is 7.91. The second-order valence-corrected chi connectivity index (χ2v) is 5.16. The highest BCUT2D eigenvalue weighted by atomic mass is 16.5. The Morgan fingerprint density at radius 3 is 1.90 bits per heavy atom. The third-order valence-electron chi connectivity index (χ3n) is 3.60. The average Bonchev–Trinajstić information content (AvgIpc) is 2.49. The number of hydrogen-bond acceptors (Lipinski definition) is 7. The summed E-state index contributed by atoms with van der Waals surface area (Å²) in [6.07, 6.45) is -5.63. The van der Waals surface area contributed by atoms with E-state index in [1.165, 1.54) is 0 Å². The lowest BCUT2D eigenvalue weighted by atomic mass is 9.85. The minimum Gasteiger partial charge on any atom is -0.387 e. The molecule has 0 spiro atoms. The molecule has 9 nitrogen and oxygen atoms in total. The zero-order valence-electron chi connectivity index (χ0n) is 11.7. The summed E-state index contributed by atoms with van der Waals surface area (Å²) in [7, 11) is 0. The monoisotopic (exact) mass is 305 g/mol. The predicted molar refractivity (Wildman–Crippen MR) is 72.3 cm³/mol. The Labute approximate surface area is 122 Å². The Morgan fingerprint density at radius 2 is 1.33 bits per heavy atom. The van der Waals surface area contributed by atoms with Crippen molar-refractivity contribution < 1.29 is 30.3 Å². The van der Waals surface area contributed by atoms with Gasteiger partial charge in [-0.05, 0) is 18.4 Å². The van der Waals surface area contributed by atoms with Gasteiger partial charge in [0.25, 0.3) is 0 Å². The van der Waals surface area contributed by atoms with Crippen molar-refractivity contribution in [3.05, 3.63) is 10.4 Å². The number of ether oxygens (including phenoxy) is 1. The first-order chi connectivity index (χ1) is 10.0. The fourth-order valence-electron chi connectivity index (χ4n) is 2.30. The summed E-state index contributed by atoms with van der Waals surface area (Å²) in [6.45, 7) is 0.698. The van der Waals surface area contributed by atoms with Crippen molar-refractivity contribution in [2.45, 2.75) is 62.3 Å². The van der Waals surface area contributed by atoms with Gasteiger partial charge in [-0.3, -0.25) is 0 Å². The number of nitrogens with zero attached hydrogens (tertiary/aromatic N) is 3. The SMILES string of the molecule is [N-]=[N+]=NCCCCCCOC1[C@@H](O)[C@H](O)C(O)[C@H](O)[C@H]1O. The number of hydrogen-bond donors (Lipinski definition) is 5. The molecule has 122 valence electrons. The van der Waals surface area contributed by atoms with Gasteiger partial charge in [0.15, 0.2) is 0 Å². The van der Waals surface area contributed by atoms with Crippen molar-refractivity contribution in [2.24, 2.45) is 5.11 Å². The molecule has 6 atom stereocenters. The van der Waals surface area contributed by atoms with E-state index in [0.717, 1.165) is 19.3 Å². The van der Waals surface area contributed by atoms with Crippen LogP contribution in [0.5, 0.6) is 0 Å².